The Morgan fingerprint density at radius 1 is 1.28 bits per heavy atom. The summed E-state index contributed by atoms with van der Waals surface area (Å²) in [4.78, 5) is 13.0. The monoisotopic (exact) mass is 458 g/mol. The summed E-state index contributed by atoms with van der Waals surface area (Å²) >= 11 is 3.45. The normalized spacial score (nSPS) is 22.2. The van der Waals surface area contributed by atoms with E-state index in [0.29, 0.717) is 18.1 Å². The smallest absolute Gasteiger partial charge is 0.347 e. The fourth-order valence-electron chi connectivity index (χ4n) is 4.34. The molecule has 29 heavy (non-hydrogen) atoms. The molecule has 2 heterocycles. The van der Waals surface area contributed by atoms with Crippen LogP contribution in [0.1, 0.15) is 68.8 Å². The van der Waals surface area contributed by atoms with Crippen molar-refractivity contribution in [3.8, 4) is 5.75 Å². The molecule has 154 valence electrons. The van der Waals surface area contributed by atoms with Crippen LogP contribution in [0.15, 0.2) is 55.9 Å². The van der Waals surface area contributed by atoms with Crippen molar-refractivity contribution >= 4 is 15.9 Å². The van der Waals surface area contributed by atoms with E-state index in [1.165, 1.54) is 0 Å². The standard InChI is InChI=1S/C24H27BrO4/c1-3-18(12-16-6-8-19(25)9-7-16)21-13-20(26)22(23(27)28-21)24(14-17-4-5-17)11-10-15(2)29-24/h6-10,13,17-18,26H,3-5,11-12,14H2,1-2H3. The van der Waals surface area contributed by atoms with Crippen molar-refractivity contribution in [2.45, 2.75) is 63.9 Å². The Morgan fingerprint density at radius 3 is 2.55 bits per heavy atom. The highest BCUT2D eigenvalue weighted by Crippen LogP contribution is 2.49. The number of hydrogen-bond donors (Lipinski definition) is 1. The van der Waals surface area contributed by atoms with Gasteiger partial charge in [-0.05, 0) is 55.9 Å². The van der Waals surface area contributed by atoms with Gasteiger partial charge in [0.15, 0.2) is 0 Å². The molecule has 0 amide bonds. The first-order chi connectivity index (χ1) is 13.9. The van der Waals surface area contributed by atoms with E-state index >= 15 is 0 Å². The second-order valence-electron chi connectivity index (χ2n) is 8.39. The Hall–Kier alpha value is -2.01. The molecule has 2 unspecified atom stereocenters. The van der Waals surface area contributed by atoms with E-state index in [1.807, 2.05) is 25.1 Å². The summed E-state index contributed by atoms with van der Waals surface area (Å²) in [6.07, 6.45) is 7.20. The Labute approximate surface area is 179 Å². The predicted molar refractivity (Wildman–Crippen MR) is 116 cm³/mol. The number of benzene rings is 1. The highest BCUT2D eigenvalue weighted by Gasteiger charge is 2.46. The van der Waals surface area contributed by atoms with Crippen molar-refractivity contribution < 1.29 is 14.3 Å². The zero-order valence-electron chi connectivity index (χ0n) is 16.9. The van der Waals surface area contributed by atoms with Crippen molar-refractivity contribution in [1.29, 1.82) is 0 Å². The van der Waals surface area contributed by atoms with Crippen LogP contribution in [0, 0.1) is 5.92 Å². The molecule has 4 nitrogen and oxygen atoms in total. The van der Waals surface area contributed by atoms with Crippen LogP contribution in [0.25, 0.3) is 0 Å². The lowest BCUT2D eigenvalue weighted by Gasteiger charge is -2.30. The van der Waals surface area contributed by atoms with Gasteiger partial charge in [0.1, 0.15) is 22.7 Å². The van der Waals surface area contributed by atoms with Gasteiger partial charge in [0.25, 0.3) is 0 Å². The molecule has 1 N–H and O–H groups in total. The zero-order chi connectivity index (χ0) is 20.6. The highest BCUT2D eigenvalue weighted by atomic mass is 79.9. The Bertz CT molecular complexity index is 971. The summed E-state index contributed by atoms with van der Waals surface area (Å²) in [7, 11) is 0. The van der Waals surface area contributed by atoms with Gasteiger partial charge in [-0.15, -0.1) is 0 Å². The number of halogens is 1. The van der Waals surface area contributed by atoms with Crippen molar-refractivity contribution in [3.63, 3.8) is 0 Å². The second kappa shape index (κ2) is 8.02. The predicted octanol–water partition coefficient (Wildman–Crippen LogP) is 6.16. The highest BCUT2D eigenvalue weighted by molar-refractivity contribution is 9.10. The van der Waals surface area contributed by atoms with Gasteiger partial charge in [0, 0.05) is 22.9 Å². The van der Waals surface area contributed by atoms with E-state index in [-0.39, 0.29) is 17.2 Å². The number of hydrogen-bond acceptors (Lipinski definition) is 4. The molecule has 0 radical (unpaired) electrons. The molecule has 1 aromatic heterocycles. The van der Waals surface area contributed by atoms with Crippen molar-refractivity contribution in [2.24, 2.45) is 5.92 Å². The fourth-order valence-corrected chi connectivity index (χ4v) is 4.60. The fraction of sp³-hybridized carbons (Fsp3) is 0.458. The van der Waals surface area contributed by atoms with Crippen LogP contribution in [0.5, 0.6) is 5.75 Å². The van der Waals surface area contributed by atoms with E-state index in [1.54, 1.807) is 6.07 Å². The van der Waals surface area contributed by atoms with Crippen LogP contribution in [0.4, 0.5) is 0 Å². The summed E-state index contributed by atoms with van der Waals surface area (Å²) < 4.78 is 12.9. The molecule has 0 bridgehead atoms. The molecule has 1 fully saturated rings. The molecule has 2 aliphatic rings. The van der Waals surface area contributed by atoms with Gasteiger partial charge in [-0.25, -0.2) is 4.79 Å². The van der Waals surface area contributed by atoms with Gasteiger partial charge in [-0.3, -0.25) is 0 Å². The number of ether oxygens (including phenoxy) is 1. The molecule has 1 aliphatic carbocycles. The molecule has 0 spiro atoms. The van der Waals surface area contributed by atoms with E-state index < -0.39 is 11.2 Å². The lowest BCUT2D eigenvalue weighted by molar-refractivity contribution is 0.00456. The largest absolute Gasteiger partial charge is 0.507 e. The third kappa shape index (κ3) is 4.30. The number of rotatable bonds is 7. The molecule has 2 aromatic rings. The van der Waals surface area contributed by atoms with E-state index in [0.717, 1.165) is 47.9 Å². The molecule has 1 saturated carbocycles. The summed E-state index contributed by atoms with van der Waals surface area (Å²) in [5.41, 5.74) is 0.176. The quantitative estimate of drug-likeness (QED) is 0.539. The Kier molecular flexibility index (Phi) is 5.60. The maximum Gasteiger partial charge on any atom is 0.347 e. The van der Waals surface area contributed by atoms with Gasteiger partial charge >= 0.3 is 5.63 Å². The third-order valence-electron chi connectivity index (χ3n) is 6.09. The topological polar surface area (TPSA) is 59.7 Å². The average molecular weight is 459 g/mol. The minimum absolute atomic E-state index is 0.00532. The van der Waals surface area contributed by atoms with Crippen molar-refractivity contribution in [2.75, 3.05) is 0 Å². The molecule has 5 heteroatoms. The second-order valence-corrected chi connectivity index (χ2v) is 9.31. The third-order valence-corrected chi connectivity index (χ3v) is 6.62. The minimum atomic E-state index is -0.790. The maximum absolute atomic E-state index is 13.0. The molecule has 1 aromatic carbocycles. The van der Waals surface area contributed by atoms with Crippen molar-refractivity contribution in [1.82, 2.24) is 0 Å². The Balaban J connectivity index is 1.65. The summed E-state index contributed by atoms with van der Waals surface area (Å²) in [5, 5.41) is 10.9. The average Bonchev–Trinajstić information content (AvgIpc) is 3.41. The lowest BCUT2D eigenvalue weighted by Crippen LogP contribution is -2.32. The lowest BCUT2D eigenvalue weighted by atomic mass is 9.85. The van der Waals surface area contributed by atoms with Crippen LogP contribution >= 0.6 is 15.9 Å². The Morgan fingerprint density at radius 2 is 2.00 bits per heavy atom. The summed E-state index contributed by atoms with van der Waals surface area (Å²) in [5.74, 6) is 1.90. The molecule has 0 saturated heterocycles. The molecular formula is C24H27BrO4. The zero-order valence-corrected chi connectivity index (χ0v) is 18.5. The molecule has 4 rings (SSSR count). The summed E-state index contributed by atoms with van der Waals surface area (Å²) in [6.45, 7) is 3.96. The van der Waals surface area contributed by atoms with Gasteiger partial charge < -0.3 is 14.3 Å². The van der Waals surface area contributed by atoms with Gasteiger partial charge in [0.2, 0.25) is 0 Å². The first-order valence-corrected chi connectivity index (χ1v) is 11.2. The van der Waals surface area contributed by atoms with E-state index in [9.17, 15) is 9.90 Å². The van der Waals surface area contributed by atoms with Crippen LogP contribution in [-0.2, 0) is 16.8 Å². The van der Waals surface area contributed by atoms with E-state index in [2.05, 4.69) is 35.0 Å². The van der Waals surface area contributed by atoms with Crippen LogP contribution in [-0.4, -0.2) is 5.11 Å². The first-order valence-electron chi connectivity index (χ1n) is 10.4. The van der Waals surface area contributed by atoms with Gasteiger partial charge in [-0.2, -0.15) is 0 Å². The number of aromatic hydroxyl groups is 1. The van der Waals surface area contributed by atoms with Gasteiger partial charge in [0.05, 0.1) is 5.76 Å². The molecule has 2 atom stereocenters. The maximum atomic E-state index is 13.0. The van der Waals surface area contributed by atoms with Crippen LogP contribution in [0.3, 0.4) is 0 Å². The molecule has 1 aliphatic heterocycles. The number of allylic oxidation sites excluding steroid dienone is 1. The SMILES string of the molecule is CCC(Cc1ccc(Br)cc1)c1cc(O)c(C2(CC3CC3)CC=C(C)O2)c(=O)o1. The minimum Gasteiger partial charge on any atom is -0.507 e. The first kappa shape index (κ1) is 20.3. The van der Waals surface area contributed by atoms with Crippen LogP contribution < -0.4 is 5.63 Å². The van der Waals surface area contributed by atoms with Crippen molar-refractivity contribution in [3.05, 3.63) is 73.9 Å². The van der Waals surface area contributed by atoms with Gasteiger partial charge in [-0.1, -0.05) is 47.8 Å². The molecular weight excluding hydrogens is 432 g/mol. The van der Waals surface area contributed by atoms with E-state index in [4.69, 9.17) is 9.15 Å². The van der Waals surface area contributed by atoms with Crippen LogP contribution in [0.2, 0.25) is 0 Å². The summed E-state index contributed by atoms with van der Waals surface area (Å²) in [6, 6.07) is 9.77.